The van der Waals surface area contributed by atoms with Crippen molar-refractivity contribution in [3.63, 3.8) is 0 Å². The number of amides is 1. The molecule has 0 saturated heterocycles. The third kappa shape index (κ3) is 13.3. The van der Waals surface area contributed by atoms with E-state index in [-0.39, 0.29) is 19.3 Å². The molecule has 0 radical (unpaired) electrons. The average molecular weight is 378 g/mol. The number of aliphatic hydroxyl groups excluding tert-OH is 1. The highest BCUT2D eigenvalue weighted by molar-refractivity contribution is 5.67. The van der Waals surface area contributed by atoms with Crippen molar-refractivity contribution in [3.8, 4) is 0 Å². The maximum Gasteiger partial charge on any atom is 0.407 e. The van der Waals surface area contributed by atoms with Crippen molar-refractivity contribution in [1.29, 1.82) is 0 Å². The zero-order valence-electron chi connectivity index (χ0n) is 17.1. The lowest BCUT2D eigenvalue weighted by molar-refractivity contribution is 0.132. The zero-order valence-corrected chi connectivity index (χ0v) is 17.1. The molecule has 0 bridgehead atoms. The highest BCUT2D eigenvalue weighted by Crippen LogP contribution is 2.13. The van der Waals surface area contributed by atoms with Crippen LogP contribution >= 0.6 is 0 Å². The summed E-state index contributed by atoms with van der Waals surface area (Å²) in [5.41, 5.74) is 0.973. The molecule has 0 aromatic heterocycles. The first kappa shape index (κ1) is 23.5. The van der Waals surface area contributed by atoms with Crippen LogP contribution in [-0.4, -0.2) is 23.8 Å². The van der Waals surface area contributed by atoms with Gasteiger partial charge in [-0.3, -0.25) is 0 Å². The van der Waals surface area contributed by atoms with E-state index in [0.29, 0.717) is 6.42 Å². The SMILES string of the molecule is CCCCCCCCCCCCC(CCO)NC(=O)OCc1ccccc1. The number of ether oxygens (including phenoxy) is 1. The summed E-state index contributed by atoms with van der Waals surface area (Å²) in [6.07, 6.45) is 14.1. The van der Waals surface area contributed by atoms with Gasteiger partial charge in [-0.15, -0.1) is 0 Å². The normalized spacial score (nSPS) is 11.9. The summed E-state index contributed by atoms with van der Waals surface area (Å²) in [5, 5.41) is 12.1. The first-order chi connectivity index (χ1) is 13.3. The van der Waals surface area contributed by atoms with E-state index >= 15 is 0 Å². The number of carbonyl (C=O) groups excluding carboxylic acids is 1. The molecule has 2 N–H and O–H groups in total. The molecule has 0 fully saturated rings. The molecule has 4 nitrogen and oxygen atoms in total. The number of aliphatic hydroxyl groups is 1. The van der Waals surface area contributed by atoms with E-state index < -0.39 is 6.09 Å². The van der Waals surface area contributed by atoms with Crippen molar-refractivity contribution in [2.24, 2.45) is 0 Å². The van der Waals surface area contributed by atoms with Crippen LogP contribution in [0.15, 0.2) is 30.3 Å². The molecule has 1 amide bonds. The van der Waals surface area contributed by atoms with Crippen LogP contribution in [0, 0.1) is 0 Å². The number of benzene rings is 1. The molecule has 1 rings (SSSR count). The van der Waals surface area contributed by atoms with Gasteiger partial charge in [0.15, 0.2) is 0 Å². The summed E-state index contributed by atoms with van der Waals surface area (Å²) in [4.78, 5) is 12.0. The highest BCUT2D eigenvalue weighted by Gasteiger charge is 2.12. The van der Waals surface area contributed by atoms with Gasteiger partial charge in [0.25, 0.3) is 0 Å². The Bertz CT molecular complexity index is 464. The Morgan fingerprint density at radius 1 is 0.926 bits per heavy atom. The third-order valence-electron chi connectivity index (χ3n) is 4.92. The van der Waals surface area contributed by atoms with Crippen molar-refractivity contribution in [3.05, 3.63) is 35.9 Å². The van der Waals surface area contributed by atoms with Crippen molar-refractivity contribution in [2.75, 3.05) is 6.61 Å². The van der Waals surface area contributed by atoms with Crippen LogP contribution in [0.3, 0.4) is 0 Å². The molecular formula is C23H39NO3. The Kier molecular flexibility index (Phi) is 14.5. The van der Waals surface area contributed by atoms with Crippen LogP contribution in [0.4, 0.5) is 4.79 Å². The number of alkyl carbamates (subject to hydrolysis) is 1. The van der Waals surface area contributed by atoms with Gasteiger partial charge in [0.2, 0.25) is 0 Å². The summed E-state index contributed by atoms with van der Waals surface area (Å²) in [6, 6.07) is 9.65. The number of nitrogens with one attached hydrogen (secondary N) is 1. The molecule has 1 aromatic carbocycles. The Hall–Kier alpha value is -1.55. The number of hydrogen-bond donors (Lipinski definition) is 2. The summed E-state index contributed by atoms with van der Waals surface area (Å²) in [5.74, 6) is 0. The van der Waals surface area contributed by atoms with Gasteiger partial charge in [0.05, 0.1) is 0 Å². The van der Waals surface area contributed by atoms with E-state index in [2.05, 4.69) is 12.2 Å². The second-order valence-electron chi connectivity index (χ2n) is 7.39. The summed E-state index contributed by atoms with van der Waals surface area (Å²) < 4.78 is 5.27. The molecule has 0 aliphatic rings. The summed E-state index contributed by atoms with van der Waals surface area (Å²) in [6.45, 7) is 2.61. The van der Waals surface area contributed by atoms with E-state index in [4.69, 9.17) is 4.74 Å². The maximum atomic E-state index is 12.0. The molecule has 0 heterocycles. The van der Waals surface area contributed by atoms with Crippen LogP contribution in [0.25, 0.3) is 0 Å². The van der Waals surface area contributed by atoms with Crippen molar-refractivity contribution < 1.29 is 14.6 Å². The van der Waals surface area contributed by atoms with Crippen LogP contribution in [0.1, 0.15) is 89.5 Å². The first-order valence-electron chi connectivity index (χ1n) is 10.8. The molecule has 4 heteroatoms. The minimum Gasteiger partial charge on any atom is -0.445 e. The van der Waals surface area contributed by atoms with Crippen LogP contribution < -0.4 is 5.32 Å². The quantitative estimate of drug-likeness (QED) is 0.349. The minimum absolute atomic E-state index is 0.00711. The fourth-order valence-corrected chi connectivity index (χ4v) is 3.25. The fourth-order valence-electron chi connectivity index (χ4n) is 3.25. The predicted molar refractivity (Wildman–Crippen MR) is 112 cm³/mol. The van der Waals surface area contributed by atoms with Gasteiger partial charge in [-0.1, -0.05) is 101 Å². The van der Waals surface area contributed by atoms with E-state index in [0.717, 1.165) is 18.4 Å². The lowest BCUT2D eigenvalue weighted by atomic mass is 10.0. The largest absolute Gasteiger partial charge is 0.445 e. The van der Waals surface area contributed by atoms with Gasteiger partial charge in [0.1, 0.15) is 6.61 Å². The Morgan fingerprint density at radius 3 is 2.11 bits per heavy atom. The molecule has 27 heavy (non-hydrogen) atoms. The molecule has 0 aliphatic heterocycles. The van der Waals surface area contributed by atoms with Crippen LogP contribution in [0.5, 0.6) is 0 Å². The first-order valence-corrected chi connectivity index (χ1v) is 10.8. The number of hydrogen-bond acceptors (Lipinski definition) is 3. The lowest BCUT2D eigenvalue weighted by Gasteiger charge is -2.17. The van der Waals surface area contributed by atoms with E-state index in [9.17, 15) is 9.90 Å². The molecule has 1 unspecified atom stereocenters. The Balaban J connectivity index is 2.08. The summed E-state index contributed by atoms with van der Waals surface area (Å²) >= 11 is 0. The summed E-state index contributed by atoms with van der Waals surface area (Å²) in [7, 11) is 0. The second-order valence-corrected chi connectivity index (χ2v) is 7.39. The topological polar surface area (TPSA) is 58.6 Å². The van der Waals surface area contributed by atoms with Gasteiger partial charge in [0, 0.05) is 12.6 Å². The second kappa shape index (κ2) is 16.6. The van der Waals surface area contributed by atoms with Gasteiger partial charge < -0.3 is 15.2 Å². The fraction of sp³-hybridized carbons (Fsp3) is 0.696. The maximum absolute atomic E-state index is 12.0. The molecule has 1 atom stereocenters. The Labute approximate surface area is 165 Å². The molecule has 0 saturated carbocycles. The van der Waals surface area contributed by atoms with Gasteiger partial charge in [-0.05, 0) is 18.4 Å². The van der Waals surface area contributed by atoms with Crippen molar-refractivity contribution in [1.82, 2.24) is 5.32 Å². The van der Waals surface area contributed by atoms with Crippen molar-refractivity contribution >= 4 is 6.09 Å². The van der Waals surface area contributed by atoms with Gasteiger partial charge in [-0.2, -0.15) is 0 Å². The number of rotatable bonds is 16. The van der Waals surface area contributed by atoms with Crippen LogP contribution in [-0.2, 0) is 11.3 Å². The Morgan fingerprint density at radius 2 is 1.52 bits per heavy atom. The monoisotopic (exact) mass is 377 g/mol. The molecule has 154 valence electrons. The van der Waals surface area contributed by atoms with E-state index in [1.54, 1.807) is 0 Å². The molecule has 0 spiro atoms. The van der Waals surface area contributed by atoms with Crippen molar-refractivity contribution in [2.45, 2.75) is 96.6 Å². The van der Waals surface area contributed by atoms with E-state index in [1.165, 1.54) is 57.8 Å². The van der Waals surface area contributed by atoms with E-state index in [1.807, 2.05) is 30.3 Å². The molecule has 1 aromatic rings. The van der Waals surface area contributed by atoms with Crippen LogP contribution in [0.2, 0.25) is 0 Å². The highest BCUT2D eigenvalue weighted by atomic mass is 16.5. The minimum atomic E-state index is -0.399. The molecule has 0 aliphatic carbocycles. The number of carbonyl (C=O) groups is 1. The lowest BCUT2D eigenvalue weighted by Crippen LogP contribution is -2.35. The average Bonchev–Trinajstić information content (AvgIpc) is 2.68. The van der Waals surface area contributed by atoms with Gasteiger partial charge in [-0.25, -0.2) is 4.79 Å². The van der Waals surface area contributed by atoms with Gasteiger partial charge >= 0.3 is 6.09 Å². The molecular weight excluding hydrogens is 338 g/mol. The standard InChI is InChI=1S/C23H39NO3/c1-2-3-4-5-6-7-8-9-10-14-17-22(18-19-25)24-23(26)27-20-21-15-12-11-13-16-21/h11-13,15-16,22,25H,2-10,14,17-20H2,1H3,(H,24,26). The predicted octanol–water partition coefficient (Wildman–Crippen LogP) is 5.97. The third-order valence-corrected chi connectivity index (χ3v) is 4.92. The smallest absolute Gasteiger partial charge is 0.407 e. The number of unbranched alkanes of at least 4 members (excludes halogenated alkanes) is 9. The zero-order chi connectivity index (χ0) is 19.6.